The predicted molar refractivity (Wildman–Crippen MR) is 109 cm³/mol. The molecule has 2 aromatic rings. The molecule has 0 unspecified atom stereocenters. The number of rotatable bonds is 10. The molecule has 1 aromatic carbocycles. The highest BCUT2D eigenvalue weighted by Gasteiger charge is 2.11. The molecule has 0 aliphatic carbocycles. The number of hydrogen-bond donors (Lipinski definition) is 3. The molecule has 26 heavy (non-hydrogen) atoms. The van der Waals surface area contributed by atoms with Crippen LogP contribution in [0.5, 0.6) is 0 Å². The molecule has 0 fully saturated rings. The summed E-state index contributed by atoms with van der Waals surface area (Å²) >= 11 is 4.07. The minimum Gasteiger partial charge on any atom is -0.369 e. The number of nitrogens with zero attached hydrogens (tertiary/aromatic N) is 2. The van der Waals surface area contributed by atoms with Gasteiger partial charge in [-0.15, -0.1) is 22.0 Å². The van der Waals surface area contributed by atoms with E-state index in [1.54, 1.807) is 6.07 Å². The van der Waals surface area contributed by atoms with Crippen LogP contribution in [0.2, 0.25) is 0 Å². The minimum absolute atomic E-state index is 0.144. The summed E-state index contributed by atoms with van der Waals surface area (Å²) in [7, 11) is 0. The van der Waals surface area contributed by atoms with Crippen LogP contribution in [0.3, 0.4) is 0 Å². The summed E-state index contributed by atoms with van der Waals surface area (Å²) < 4.78 is 0.739. The fourth-order valence-corrected chi connectivity index (χ4v) is 4.10. The van der Waals surface area contributed by atoms with Crippen LogP contribution >= 0.6 is 34.9 Å². The first-order valence-corrected chi connectivity index (χ1v) is 10.7. The zero-order valence-corrected chi connectivity index (χ0v) is 17.0. The lowest BCUT2D eigenvalue weighted by molar-refractivity contribution is -0.115. The summed E-state index contributed by atoms with van der Waals surface area (Å²) in [6, 6.07) is 7.31. The van der Waals surface area contributed by atoms with Gasteiger partial charge in [0, 0.05) is 11.4 Å². The van der Waals surface area contributed by atoms with Crippen molar-refractivity contribution in [2.24, 2.45) is 11.7 Å². The van der Waals surface area contributed by atoms with Crippen molar-refractivity contribution in [1.29, 1.82) is 0 Å². The van der Waals surface area contributed by atoms with E-state index in [4.69, 9.17) is 5.73 Å². The Morgan fingerprint density at radius 1 is 1.19 bits per heavy atom. The van der Waals surface area contributed by atoms with E-state index in [0.717, 1.165) is 20.9 Å². The van der Waals surface area contributed by atoms with Crippen LogP contribution in [0.15, 0.2) is 33.5 Å². The van der Waals surface area contributed by atoms with Gasteiger partial charge in [-0.3, -0.25) is 9.59 Å². The van der Waals surface area contributed by atoms with Crippen LogP contribution in [0.4, 0.5) is 10.8 Å². The molecule has 10 heteroatoms. The molecule has 0 aliphatic heterocycles. The smallest absolute Gasteiger partial charge is 0.234 e. The van der Waals surface area contributed by atoms with Crippen LogP contribution in [-0.4, -0.2) is 40.1 Å². The molecule has 0 spiro atoms. The first kappa shape index (κ1) is 20.5. The van der Waals surface area contributed by atoms with Crippen LogP contribution in [0.25, 0.3) is 0 Å². The third-order valence-corrected chi connectivity index (χ3v) is 6.04. The molecule has 0 saturated carbocycles. The van der Waals surface area contributed by atoms with Gasteiger partial charge >= 0.3 is 0 Å². The molecule has 4 N–H and O–H groups in total. The van der Waals surface area contributed by atoms with Crippen molar-refractivity contribution in [3.63, 3.8) is 0 Å². The van der Waals surface area contributed by atoms with E-state index in [9.17, 15) is 9.59 Å². The van der Waals surface area contributed by atoms with Gasteiger partial charge in [-0.2, -0.15) is 0 Å². The highest BCUT2D eigenvalue weighted by atomic mass is 32.2. The second kappa shape index (κ2) is 10.4. The molecule has 140 valence electrons. The van der Waals surface area contributed by atoms with Crippen molar-refractivity contribution in [3.8, 4) is 0 Å². The Morgan fingerprint density at radius 3 is 2.69 bits per heavy atom. The highest BCUT2D eigenvalue weighted by Crippen LogP contribution is 2.28. The maximum Gasteiger partial charge on any atom is 0.234 e. The Kier molecular flexibility index (Phi) is 8.20. The zero-order valence-electron chi connectivity index (χ0n) is 14.5. The largest absolute Gasteiger partial charge is 0.369 e. The van der Waals surface area contributed by atoms with Gasteiger partial charge in [-0.05, 0) is 18.1 Å². The average molecular weight is 412 g/mol. The van der Waals surface area contributed by atoms with E-state index >= 15 is 0 Å². The number of carbonyl (C=O) groups is 2. The second-order valence-corrected chi connectivity index (χ2v) is 8.95. The van der Waals surface area contributed by atoms with Crippen molar-refractivity contribution >= 4 is 57.5 Å². The van der Waals surface area contributed by atoms with Gasteiger partial charge in [0.05, 0.1) is 17.2 Å². The van der Waals surface area contributed by atoms with Gasteiger partial charge in [0.1, 0.15) is 0 Å². The summed E-state index contributed by atoms with van der Waals surface area (Å²) in [5, 5.41) is 15.0. The summed E-state index contributed by atoms with van der Waals surface area (Å²) in [5.41, 5.74) is 5.84. The van der Waals surface area contributed by atoms with E-state index in [1.165, 1.54) is 34.9 Å². The van der Waals surface area contributed by atoms with Gasteiger partial charge < -0.3 is 16.4 Å². The third kappa shape index (κ3) is 7.22. The Balaban J connectivity index is 1.85. The standard InChI is InChI=1S/C16H21N5O2S3/c1-10(2)7-18-15-20-21-16(26-15)25-9-14(23)19-11-5-3-4-6-12(11)24-8-13(17)22/h3-6,10H,7-9H2,1-2H3,(H2,17,22)(H,18,20)(H,19,23). The lowest BCUT2D eigenvalue weighted by Crippen LogP contribution is -2.15. The Labute approximate surface area is 164 Å². The number of benzene rings is 1. The molecule has 0 radical (unpaired) electrons. The predicted octanol–water partition coefficient (Wildman–Crippen LogP) is 2.91. The van der Waals surface area contributed by atoms with Crippen LogP contribution in [-0.2, 0) is 9.59 Å². The van der Waals surface area contributed by atoms with Gasteiger partial charge in [0.15, 0.2) is 4.34 Å². The maximum absolute atomic E-state index is 12.2. The van der Waals surface area contributed by atoms with Crippen molar-refractivity contribution in [1.82, 2.24) is 10.2 Å². The normalized spacial score (nSPS) is 10.7. The van der Waals surface area contributed by atoms with Gasteiger partial charge in [-0.1, -0.05) is 49.1 Å². The van der Waals surface area contributed by atoms with Crippen molar-refractivity contribution in [2.45, 2.75) is 23.1 Å². The Morgan fingerprint density at radius 2 is 1.96 bits per heavy atom. The first-order chi connectivity index (χ1) is 12.4. The van der Waals surface area contributed by atoms with E-state index in [2.05, 4.69) is 34.7 Å². The molecule has 0 atom stereocenters. The first-order valence-electron chi connectivity index (χ1n) is 7.94. The zero-order chi connectivity index (χ0) is 18.9. The fraction of sp³-hybridized carbons (Fsp3) is 0.375. The van der Waals surface area contributed by atoms with Crippen molar-refractivity contribution in [3.05, 3.63) is 24.3 Å². The lowest BCUT2D eigenvalue weighted by atomic mass is 10.2. The summed E-state index contributed by atoms with van der Waals surface area (Å²) in [4.78, 5) is 24.0. The molecule has 7 nitrogen and oxygen atoms in total. The summed E-state index contributed by atoms with van der Waals surface area (Å²) in [5.74, 6) is 0.374. The fourth-order valence-electron chi connectivity index (χ4n) is 1.79. The van der Waals surface area contributed by atoms with E-state index in [1.807, 2.05) is 18.2 Å². The number of para-hydroxylation sites is 1. The number of primary amides is 1. The van der Waals surface area contributed by atoms with Crippen molar-refractivity contribution in [2.75, 3.05) is 28.7 Å². The van der Waals surface area contributed by atoms with E-state index in [0.29, 0.717) is 11.6 Å². The summed E-state index contributed by atoms with van der Waals surface area (Å²) in [6.45, 7) is 5.07. The summed E-state index contributed by atoms with van der Waals surface area (Å²) in [6.07, 6.45) is 0. The van der Waals surface area contributed by atoms with Crippen LogP contribution in [0, 0.1) is 5.92 Å². The molecule has 1 aromatic heterocycles. The monoisotopic (exact) mass is 411 g/mol. The molecular formula is C16H21N5O2S3. The van der Waals surface area contributed by atoms with Crippen molar-refractivity contribution < 1.29 is 9.59 Å². The maximum atomic E-state index is 12.2. The average Bonchev–Trinajstić information content (AvgIpc) is 3.05. The van der Waals surface area contributed by atoms with E-state index in [-0.39, 0.29) is 17.4 Å². The molecule has 1 heterocycles. The van der Waals surface area contributed by atoms with Gasteiger partial charge in [0.2, 0.25) is 16.9 Å². The van der Waals surface area contributed by atoms with Gasteiger partial charge in [0.25, 0.3) is 0 Å². The molecule has 0 aliphatic rings. The Bertz CT molecular complexity index is 751. The topological polar surface area (TPSA) is 110 Å². The van der Waals surface area contributed by atoms with Crippen LogP contribution in [0.1, 0.15) is 13.8 Å². The number of nitrogens with two attached hydrogens (primary N) is 1. The second-order valence-electron chi connectivity index (χ2n) is 5.74. The number of nitrogens with one attached hydrogen (secondary N) is 2. The molecule has 0 bridgehead atoms. The number of aromatic nitrogens is 2. The SMILES string of the molecule is CC(C)CNc1nnc(SCC(=O)Nc2ccccc2SCC(N)=O)s1. The number of anilines is 2. The number of carbonyl (C=O) groups excluding carboxylic acids is 2. The minimum atomic E-state index is -0.398. The number of hydrogen-bond acceptors (Lipinski definition) is 8. The number of thioether (sulfide) groups is 2. The van der Waals surface area contributed by atoms with Crippen LogP contribution < -0.4 is 16.4 Å². The highest BCUT2D eigenvalue weighted by molar-refractivity contribution is 8.01. The molecular weight excluding hydrogens is 390 g/mol. The Hall–Kier alpha value is -1.78. The lowest BCUT2D eigenvalue weighted by Gasteiger charge is -2.09. The molecule has 2 amide bonds. The third-order valence-electron chi connectivity index (χ3n) is 2.93. The molecule has 0 saturated heterocycles. The van der Waals surface area contributed by atoms with E-state index < -0.39 is 5.91 Å². The van der Waals surface area contributed by atoms with Gasteiger partial charge in [-0.25, -0.2) is 0 Å². The number of amides is 2. The molecule has 2 rings (SSSR count). The quantitative estimate of drug-likeness (QED) is 0.516.